The summed E-state index contributed by atoms with van der Waals surface area (Å²) in [7, 11) is 1.48. The third-order valence-electron chi connectivity index (χ3n) is 5.80. The molecule has 11 heteroatoms. The van der Waals surface area contributed by atoms with E-state index in [0.29, 0.717) is 0 Å². The minimum absolute atomic E-state index is 0.0889. The number of nitrogens with zero attached hydrogens (tertiary/aromatic N) is 2. The predicted octanol–water partition coefficient (Wildman–Crippen LogP) is 1.75. The van der Waals surface area contributed by atoms with Crippen molar-refractivity contribution in [3.05, 3.63) is 60.2 Å². The van der Waals surface area contributed by atoms with Gasteiger partial charge in [0.25, 0.3) is 5.91 Å². The van der Waals surface area contributed by atoms with Gasteiger partial charge < -0.3 is 19.9 Å². The van der Waals surface area contributed by atoms with E-state index in [1.807, 2.05) is 63.2 Å². The summed E-state index contributed by atoms with van der Waals surface area (Å²) in [6.07, 6.45) is -0.229. The first-order valence-corrected chi connectivity index (χ1v) is 11.4. The van der Waals surface area contributed by atoms with E-state index in [2.05, 4.69) is 20.8 Å². The van der Waals surface area contributed by atoms with Crippen molar-refractivity contribution in [3.63, 3.8) is 0 Å². The molecule has 0 fully saturated rings. The van der Waals surface area contributed by atoms with E-state index in [1.54, 1.807) is 5.48 Å². The number of aromatic nitrogens is 2. The van der Waals surface area contributed by atoms with Crippen molar-refractivity contribution in [2.75, 3.05) is 7.05 Å². The van der Waals surface area contributed by atoms with Gasteiger partial charge in [0, 0.05) is 7.05 Å². The Bertz CT molecular complexity index is 1190. The maximum atomic E-state index is 13.6. The molecule has 11 nitrogen and oxygen atoms in total. The number of ether oxygens (including phenoxy) is 1. The van der Waals surface area contributed by atoms with E-state index in [4.69, 9.17) is 9.26 Å². The molecular weight excluding hydrogens is 466 g/mol. The first kappa shape index (κ1) is 26.8. The molecule has 1 heterocycles. The summed E-state index contributed by atoms with van der Waals surface area (Å²) in [6.45, 7) is 5.21. The average Bonchev–Trinajstić information content (AvgIpc) is 3.38. The molecule has 0 saturated heterocycles. The summed E-state index contributed by atoms with van der Waals surface area (Å²) in [5.41, 5.74) is 1.72. The molecule has 0 aliphatic rings. The summed E-state index contributed by atoms with van der Waals surface area (Å²) < 4.78 is 10.4. The van der Waals surface area contributed by atoms with Crippen LogP contribution in [0.4, 0.5) is 0 Å². The molecule has 3 aromatic rings. The fraction of sp³-hybridized carbons (Fsp3) is 0.400. The Kier molecular flexibility index (Phi) is 8.73. The van der Waals surface area contributed by atoms with Crippen LogP contribution in [0.15, 0.2) is 53.4 Å². The van der Waals surface area contributed by atoms with Crippen molar-refractivity contribution in [2.24, 2.45) is 11.3 Å². The Balaban J connectivity index is 1.96. The minimum atomic E-state index is -1.43. The molecule has 1 aromatic heterocycles. The summed E-state index contributed by atoms with van der Waals surface area (Å²) in [5, 5.41) is 20.4. The van der Waals surface area contributed by atoms with Crippen LogP contribution in [0, 0.1) is 11.3 Å². The van der Waals surface area contributed by atoms with E-state index in [-0.39, 0.29) is 24.8 Å². The highest BCUT2D eigenvalue weighted by atomic mass is 16.5. The van der Waals surface area contributed by atoms with Gasteiger partial charge >= 0.3 is 0 Å². The number of hydroxylamine groups is 1. The number of carbonyl (C=O) groups excluding carboxylic acids is 3. The van der Waals surface area contributed by atoms with E-state index in [1.165, 1.54) is 7.05 Å². The summed E-state index contributed by atoms with van der Waals surface area (Å²) >= 11 is 0. The van der Waals surface area contributed by atoms with Gasteiger partial charge in [0.2, 0.25) is 18.2 Å². The van der Waals surface area contributed by atoms with E-state index in [0.717, 1.165) is 22.7 Å². The van der Waals surface area contributed by atoms with Crippen LogP contribution in [0.5, 0.6) is 0 Å². The zero-order chi connectivity index (χ0) is 26.3. The Morgan fingerprint density at radius 3 is 2.39 bits per heavy atom. The summed E-state index contributed by atoms with van der Waals surface area (Å²) in [5.74, 6) is -2.84. The molecule has 3 amide bonds. The second kappa shape index (κ2) is 11.7. The van der Waals surface area contributed by atoms with Gasteiger partial charge in [0.15, 0.2) is 11.9 Å². The Morgan fingerprint density at radius 1 is 1.06 bits per heavy atom. The third-order valence-corrected chi connectivity index (χ3v) is 5.80. The molecule has 0 aliphatic carbocycles. The number of hydrogen-bond donors (Lipinski definition) is 4. The van der Waals surface area contributed by atoms with Crippen LogP contribution in [0.1, 0.15) is 32.2 Å². The number of likely N-dealkylation sites (N-methyl/N-ethyl adjacent to an activating group) is 1. The minimum Gasteiger partial charge on any atom is -0.359 e. The first-order chi connectivity index (χ1) is 17.1. The number of rotatable bonds is 10. The van der Waals surface area contributed by atoms with Gasteiger partial charge in [0.05, 0.1) is 5.92 Å². The van der Waals surface area contributed by atoms with Crippen molar-refractivity contribution in [2.45, 2.75) is 45.9 Å². The van der Waals surface area contributed by atoms with Gasteiger partial charge in [-0.3, -0.25) is 19.6 Å². The highest BCUT2D eigenvalue weighted by molar-refractivity contribution is 5.93. The lowest BCUT2D eigenvalue weighted by Gasteiger charge is -2.32. The normalized spacial score (nSPS) is 14.0. The van der Waals surface area contributed by atoms with Crippen molar-refractivity contribution < 1.29 is 28.9 Å². The van der Waals surface area contributed by atoms with Crippen LogP contribution in [-0.4, -0.2) is 52.3 Å². The molecule has 0 radical (unpaired) electrons. The lowest BCUT2D eigenvalue weighted by molar-refractivity contribution is -0.152. The van der Waals surface area contributed by atoms with E-state index < -0.39 is 35.3 Å². The van der Waals surface area contributed by atoms with Crippen molar-refractivity contribution in [1.29, 1.82) is 0 Å². The van der Waals surface area contributed by atoms with Crippen molar-refractivity contribution in [3.8, 4) is 0 Å². The Morgan fingerprint density at radius 2 is 1.78 bits per heavy atom. The topological polar surface area (TPSA) is 156 Å². The largest absolute Gasteiger partial charge is 0.359 e. The van der Waals surface area contributed by atoms with E-state index >= 15 is 0 Å². The molecule has 3 rings (SSSR count). The zero-order valence-corrected chi connectivity index (χ0v) is 20.6. The van der Waals surface area contributed by atoms with Gasteiger partial charge in [-0.15, -0.1) is 0 Å². The highest BCUT2D eigenvalue weighted by Gasteiger charge is 2.39. The quantitative estimate of drug-likeness (QED) is 0.244. The number of carbonyl (C=O) groups is 3. The smallest absolute Gasteiger partial charge is 0.273 e. The molecule has 0 aliphatic heterocycles. The number of benzene rings is 2. The number of hydrogen-bond acceptors (Lipinski definition) is 8. The number of fused-ring (bicyclic) bond motifs is 1. The zero-order valence-electron chi connectivity index (χ0n) is 20.6. The third kappa shape index (κ3) is 6.64. The van der Waals surface area contributed by atoms with Crippen LogP contribution in [0.25, 0.3) is 10.8 Å². The lowest BCUT2D eigenvalue weighted by atomic mass is 9.84. The summed E-state index contributed by atoms with van der Waals surface area (Å²) in [4.78, 5) is 42.7. The molecule has 0 saturated carbocycles. The van der Waals surface area contributed by atoms with Crippen molar-refractivity contribution in [1.82, 2.24) is 26.3 Å². The van der Waals surface area contributed by atoms with Crippen LogP contribution in [0.3, 0.4) is 0 Å². The first-order valence-electron chi connectivity index (χ1n) is 11.4. The van der Waals surface area contributed by atoms with Crippen LogP contribution in [-0.2, 0) is 32.1 Å². The standard InChI is InChI=1S/C25H31N5O6/c1-25(2,3)21(24(33)26-4)28-22(31)18(12-15-9-10-16-7-5-6-8-17(16)11-15)20(23(32)29-34)35-13-19-27-14-36-30-19/h5-11,14,18,20-21,34H,12-13H2,1-4H3,(H,26,33)(H,28,31)(H,29,32)/t18-,20+,21-/m1/s1. The fourth-order valence-electron chi connectivity index (χ4n) is 3.88. The maximum Gasteiger partial charge on any atom is 0.273 e. The molecule has 192 valence electrons. The molecular formula is C25H31N5O6. The predicted molar refractivity (Wildman–Crippen MR) is 129 cm³/mol. The maximum absolute atomic E-state index is 13.6. The Hall–Kier alpha value is -3.83. The molecule has 3 atom stereocenters. The van der Waals surface area contributed by atoms with Crippen LogP contribution in [0.2, 0.25) is 0 Å². The lowest BCUT2D eigenvalue weighted by Crippen LogP contribution is -2.56. The van der Waals surface area contributed by atoms with Gasteiger partial charge in [-0.2, -0.15) is 4.98 Å². The molecule has 0 unspecified atom stereocenters. The van der Waals surface area contributed by atoms with E-state index in [9.17, 15) is 19.6 Å². The monoisotopic (exact) mass is 497 g/mol. The van der Waals surface area contributed by atoms with Crippen molar-refractivity contribution >= 4 is 28.5 Å². The highest BCUT2D eigenvalue weighted by Crippen LogP contribution is 2.24. The van der Waals surface area contributed by atoms with Gasteiger partial charge in [-0.1, -0.05) is 68.4 Å². The summed E-state index contributed by atoms with van der Waals surface area (Å²) in [6, 6.07) is 12.6. The van der Waals surface area contributed by atoms with Crippen LogP contribution >= 0.6 is 0 Å². The average molecular weight is 498 g/mol. The van der Waals surface area contributed by atoms with Gasteiger partial charge in [-0.25, -0.2) is 5.48 Å². The molecule has 36 heavy (non-hydrogen) atoms. The molecule has 4 N–H and O–H groups in total. The number of nitrogens with one attached hydrogen (secondary N) is 3. The second-order valence-corrected chi connectivity index (χ2v) is 9.47. The Labute approximate surface area is 208 Å². The van der Waals surface area contributed by atoms with Gasteiger partial charge in [0.1, 0.15) is 12.6 Å². The van der Waals surface area contributed by atoms with Crippen LogP contribution < -0.4 is 16.1 Å². The molecule has 0 bridgehead atoms. The fourth-order valence-corrected chi connectivity index (χ4v) is 3.88. The molecule has 0 spiro atoms. The number of amides is 3. The molecule has 2 aromatic carbocycles. The SMILES string of the molecule is CNC(=O)[C@@H](NC(=O)[C@H](Cc1ccc2ccccc2c1)[C@H](OCc1ncon1)C(=O)NO)C(C)(C)C. The van der Waals surface area contributed by atoms with Gasteiger partial charge in [-0.05, 0) is 28.2 Å². The second-order valence-electron chi connectivity index (χ2n) is 9.47.